The van der Waals surface area contributed by atoms with E-state index in [1.807, 2.05) is 0 Å². The summed E-state index contributed by atoms with van der Waals surface area (Å²) in [6.45, 7) is 6.99. The fourth-order valence-electron chi connectivity index (χ4n) is 2.79. The minimum absolute atomic E-state index is 0.0277. The molecule has 2 rings (SSSR count). The number of methoxy groups -OCH3 is 1. The zero-order valence-electron chi connectivity index (χ0n) is 12.1. The van der Waals surface area contributed by atoms with Crippen molar-refractivity contribution in [1.29, 1.82) is 0 Å². The second kappa shape index (κ2) is 6.20. The lowest BCUT2D eigenvalue weighted by Crippen LogP contribution is -2.24. The molecule has 1 aromatic carbocycles. The van der Waals surface area contributed by atoms with Crippen molar-refractivity contribution < 1.29 is 9.53 Å². The van der Waals surface area contributed by atoms with Gasteiger partial charge in [0, 0.05) is 19.6 Å². The molecular weight excluding hydrogens is 238 g/mol. The molecule has 3 nitrogen and oxygen atoms in total. The summed E-state index contributed by atoms with van der Waals surface area (Å²) in [4.78, 5) is 14.0. The van der Waals surface area contributed by atoms with Crippen molar-refractivity contribution >= 4 is 5.97 Å². The number of hydrogen-bond acceptors (Lipinski definition) is 3. The Labute approximate surface area is 115 Å². The van der Waals surface area contributed by atoms with Crippen LogP contribution in [0.15, 0.2) is 24.3 Å². The van der Waals surface area contributed by atoms with Crippen LogP contribution in [0.5, 0.6) is 0 Å². The standard InChI is InChI=1S/C16H23NO2/c1-4-13-5-7-14(8-6-13)10-17-9-12(2)15(11-17)16(18)19-3/h5-8,12,15H,4,9-11H2,1-3H3. The molecule has 0 aromatic heterocycles. The Morgan fingerprint density at radius 3 is 2.47 bits per heavy atom. The number of hydrogen-bond donors (Lipinski definition) is 0. The molecule has 1 heterocycles. The topological polar surface area (TPSA) is 29.5 Å². The normalized spacial score (nSPS) is 23.5. The minimum atomic E-state index is -0.0728. The monoisotopic (exact) mass is 261 g/mol. The van der Waals surface area contributed by atoms with Crippen LogP contribution in [0.25, 0.3) is 0 Å². The van der Waals surface area contributed by atoms with E-state index < -0.39 is 0 Å². The molecule has 1 saturated heterocycles. The van der Waals surface area contributed by atoms with Crippen LogP contribution in [0.4, 0.5) is 0 Å². The zero-order valence-corrected chi connectivity index (χ0v) is 12.1. The number of rotatable bonds is 4. The number of nitrogens with zero attached hydrogens (tertiary/aromatic N) is 1. The lowest BCUT2D eigenvalue weighted by atomic mass is 9.99. The number of carbonyl (C=O) groups is 1. The van der Waals surface area contributed by atoms with Crippen molar-refractivity contribution in [2.24, 2.45) is 11.8 Å². The summed E-state index contributed by atoms with van der Waals surface area (Å²) in [5.74, 6) is 0.332. The minimum Gasteiger partial charge on any atom is -0.469 e. The van der Waals surface area contributed by atoms with Gasteiger partial charge in [0.25, 0.3) is 0 Å². The number of ether oxygens (including phenoxy) is 1. The van der Waals surface area contributed by atoms with Gasteiger partial charge in [0.1, 0.15) is 0 Å². The molecule has 19 heavy (non-hydrogen) atoms. The van der Waals surface area contributed by atoms with Crippen molar-refractivity contribution in [3.63, 3.8) is 0 Å². The van der Waals surface area contributed by atoms with Gasteiger partial charge in [-0.15, -0.1) is 0 Å². The average molecular weight is 261 g/mol. The highest BCUT2D eigenvalue weighted by Crippen LogP contribution is 2.25. The van der Waals surface area contributed by atoms with Crippen molar-refractivity contribution in [3.8, 4) is 0 Å². The van der Waals surface area contributed by atoms with E-state index in [-0.39, 0.29) is 11.9 Å². The second-order valence-corrected chi connectivity index (χ2v) is 5.47. The molecule has 0 spiro atoms. The van der Waals surface area contributed by atoms with E-state index >= 15 is 0 Å². The van der Waals surface area contributed by atoms with Crippen LogP contribution in [0.2, 0.25) is 0 Å². The molecule has 3 heteroatoms. The third kappa shape index (κ3) is 3.35. The van der Waals surface area contributed by atoms with Gasteiger partial charge < -0.3 is 4.74 Å². The summed E-state index contributed by atoms with van der Waals surface area (Å²) in [5, 5.41) is 0. The predicted molar refractivity (Wildman–Crippen MR) is 75.8 cm³/mol. The smallest absolute Gasteiger partial charge is 0.310 e. The molecule has 0 bridgehead atoms. The molecule has 1 fully saturated rings. The summed E-state index contributed by atoms with van der Waals surface area (Å²) in [7, 11) is 1.47. The quantitative estimate of drug-likeness (QED) is 0.780. The molecule has 0 N–H and O–H groups in total. The van der Waals surface area contributed by atoms with Gasteiger partial charge in [0.15, 0.2) is 0 Å². The van der Waals surface area contributed by atoms with Crippen molar-refractivity contribution in [2.45, 2.75) is 26.8 Å². The van der Waals surface area contributed by atoms with Crippen LogP contribution in [0, 0.1) is 11.8 Å². The maximum absolute atomic E-state index is 11.7. The van der Waals surface area contributed by atoms with Crippen molar-refractivity contribution in [3.05, 3.63) is 35.4 Å². The van der Waals surface area contributed by atoms with E-state index in [2.05, 4.69) is 43.0 Å². The third-order valence-electron chi connectivity index (χ3n) is 4.03. The molecule has 1 aliphatic rings. The maximum Gasteiger partial charge on any atom is 0.310 e. The van der Waals surface area contributed by atoms with E-state index in [0.29, 0.717) is 5.92 Å². The number of benzene rings is 1. The first-order valence-corrected chi connectivity index (χ1v) is 7.02. The highest BCUT2D eigenvalue weighted by atomic mass is 16.5. The van der Waals surface area contributed by atoms with E-state index in [0.717, 1.165) is 26.1 Å². The SMILES string of the molecule is CCc1ccc(CN2CC(C)C(C(=O)OC)C2)cc1. The third-order valence-corrected chi connectivity index (χ3v) is 4.03. The number of carbonyl (C=O) groups excluding carboxylic acids is 1. The summed E-state index contributed by atoms with van der Waals surface area (Å²) in [6.07, 6.45) is 1.07. The Bertz CT molecular complexity index is 427. The van der Waals surface area contributed by atoms with Crippen molar-refractivity contribution in [2.75, 3.05) is 20.2 Å². The average Bonchev–Trinajstić information content (AvgIpc) is 2.79. The molecule has 1 aliphatic heterocycles. The largest absolute Gasteiger partial charge is 0.469 e. The Morgan fingerprint density at radius 2 is 1.89 bits per heavy atom. The zero-order chi connectivity index (χ0) is 13.8. The van der Waals surface area contributed by atoms with Crippen LogP contribution in [-0.2, 0) is 22.5 Å². The van der Waals surface area contributed by atoms with Crippen LogP contribution in [-0.4, -0.2) is 31.1 Å². The first-order chi connectivity index (χ1) is 9.13. The Morgan fingerprint density at radius 1 is 1.26 bits per heavy atom. The van der Waals surface area contributed by atoms with Crippen molar-refractivity contribution in [1.82, 2.24) is 4.90 Å². The van der Waals surface area contributed by atoms with E-state index in [9.17, 15) is 4.79 Å². The van der Waals surface area contributed by atoms with Gasteiger partial charge in [-0.3, -0.25) is 9.69 Å². The Hall–Kier alpha value is -1.35. The summed E-state index contributed by atoms with van der Waals surface area (Å²) in [5.41, 5.74) is 2.68. The van der Waals surface area contributed by atoms with Crippen LogP contribution < -0.4 is 0 Å². The summed E-state index contributed by atoms with van der Waals surface area (Å²) >= 11 is 0. The number of likely N-dealkylation sites (tertiary alicyclic amines) is 1. The molecule has 0 saturated carbocycles. The number of aryl methyl sites for hydroxylation is 1. The van der Waals surface area contributed by atoms with Gasteiger partial charge in [0.05, 0.1) is 13.0 Å². The van der Waals surface area contributed by atoms with Gasteiger partial charge in [-0.05, 0) is 23.5 Å². The Balaban J connectivity index is 1.95. The maximum atomic E-state index is 11.7. The van der Waals surface area contributed by atoms with Gasteiger partial charge in [-0.1, -0.05) is 38.1 Å². The first-order valence-electron chi connectivity index (χ1n) is 7.02. The highest BCUT2D eigenvalue weighted by molar-refractivity contribution is 5.73. The lowest BCUT2D eigenvalue weighted by Gasteiger charge is -2.15. The van der Waals surface area contributed by atoms with Gasteiger partial charge in [0.2, 0.25) is 0 Å². The molecule has 0 amide bonds. The van der Waals surface area contributed by atoms with Crippen LogP contribution in [0.1, 0.15) is 25.0 Å². The van der Waals surface area contributed by atoms with Crippen LogP contribution in [0.3, 0.4) is 0 Å². The Kier molecular flexibility index (Phi) is 4.59. The molecule has 2 unspecified atom stereocenters. The first kappa shape index (κ1) is 14.1. The lowest BCUT2D eigenvalue weighted by molar-refractivity contribution is -0.146. The molecule has 0 radical (unpaired) electrons. The molecule has 0 aliphatic carbocycles. The van der Waals surface area contributed by atoms with Gasteiger partial charge in [-0.25, -0.2) is 0 Å². The predicted octanol–water partition coefficient (Wildman–Crippen LogP) is 2.49. The molecule has 2 atom stereocenters. The fraction of sp³-hybridized carbons (Fsp3) is 0.562. The molecule has 1 aromatic rings. The van der Waals surface area contributed by atoms with Gasteiger partial charge >= 0.3 is 5.97 Å². The van der Waals surface area contributed by atoms with E-state index in [4.69, 9.17) is 4.74 Å². The van der Waals surface area contributed by atoms with E-state index in [1.165, 1.54) is 18.2 Å². The van der Waals surface area contributed by atoms with Crippen LogP contribution >= 0.6 is 0 Å². The second-order valence-electron chi connectivity index (χ2n) is 5.47. The van der Waals surface area contributed by atoms with Gasteiger partial charge in [-0.2, -0.15) is 0 Å². The number of esters is 1. The molecular formula is C16H23NO2. The summed E-state index contributed by atoms with van der Waals surface area (Å²) in [6, 6.07) is 8.75. The fourth-order valence-corrected chi connectivity index (χ4v) is 2.79. The van der Waals surface area contributed by atoms with E-state index in [1.54, 1.807) is 0 Å². The highest BCUT2D eigenvalue weighted by Gasteiger charge is 2.35. The molecule has 104 valence electrons. The summed E-state index contributed by atoms with van der Waals surface area (Å²) < 4.78 is 4.87.